The summed E-state index contributed by atoms with van der Waals surface area (Å²) in [5.74, 6) is 1.03. The van der Waals surface area contributed by atoms with Gasteiger partial charge in [-0.15, -0.1) is 23.2 Å². The predicted octanol–water partition coefficient (Wildman–Crippen LogP) is 3.52. The van der Waals surface area contributed by atoms with Gasteiger partial charge in [-0.1, -0.05) is 31.2 Å². The first-order valence-electron chi connectivity index (χ1n) is 6.81. The minimum atomic E-state index is -0.196. The van der Waals surface area contributed by atoms with E-state index in [2.05, 4.69) is 36.5 Å². The van der Waals surface area contributed by atoms with Crippen molar-refractivity contribution in [1.82, 2.24) is 5.32 Å². The minimum Gasteiger partial charge on any atom is -0.372 e. The van der Waals surface area contributed by atoms with Crippen molar-refractivity contribution in [1.29, 1.82) is 0 Å². The molecule has 0 amide bonds. The van der Waals surface area contributed by atoms with Gasteiger partial charge >= 0.3 is 0 Å². The molecule has 0 spiro atoms. The maximum absolute atomic E-state index is 6.05. The van der Waals surface area contributed by atoms with Gasteiger partial charge < -0.3 is 10.1 Å². The van der Waals surface area contributed by atoms with E-state index in [1.54, 1.807) is 0 Å². The van der Waals surface area contributed by atoms with Crippen LogP contribution in [0.3, 0.4) is 0 Å². The molecule has 2 rings (SSSR count). The molecule has 1 aromatic rings. The van der Waals surface area contributed by atoms with Crippen LogP contribution in [0.2, 0.25) is 0 Å². The van der Waals surface area contributed by atoms with E-state index in [-0.39, 0.29) is 11.6 Å². The van der Waals surface area contributed by atoms with Crippen molar-refractivity contribution >= 4 is 23.2 Å². The molecule has 0 radical (unpaired) electrons. The van der Waals surface area contributed by atoms with Crippen molar-refractivity contribution in [2.45, 2.75) is 31.4 Å². The summed E-state index contributed by atoms with van der Waals surface area (Å²) in [5.41, 5.74) is 2.48. The summed E-state index contributed by atoms with van der Waals surface area (Å²) in [6.45, 7) is 3.64. The molecular weight excluding hydrogens is 281 g/mol. The van der Waals surface area contributed by atoms with E-state index in [0.717, 1.165) is 26.0 Å². The lowest BCUT2D eigenvalue weighted by Gasteiger charge is -2.33. The van der Waals surface area contributed by atoms with Gasteiger partial charge in [0.25, 0.3) is 0 Å². The molecule has 0 saturated heterocycles. The second kappa shape index (κ2) is 6.94. The molecule has 0 aromatic heterocycles. The number of benzene rings is 1. The van der Waals surface area contributed by atoms with E-state index in [4.69, 9.17) is 27.9 Å². The van der Waals surface area contributed by atoms with E-state index in [9.17, 15) is 0 Å². The van der Waals surface area contributed by atoms with Crippen LogP contribution in [-0.4, -0.2) is 30.5 Å². The number of ether oxygens (including phenoxy) is 1. The van der Waals surface area contributed by atoms with E-state index in [0.29, 0.717) is 11.8 Å². The Morgan fingerprint density at radius 3 is 2.74 bits per heavy atom. The number of alkyl halides is 2. The zero-order valence-corrected chi connectivity index (χ0v) is 12.8. The highest BCUT2D eigenvalue weighted by Gasteiger charge is 2.28. The molecule has 1 aromatic carbocycles. The van der Waals surface area contributed by atoms with Crippen LogP contribution in [0, 0.1) is 0 Å². The average Bonchev–Trinajstić information content (AvgIpc) is 2.49. The van der Waals surface area contributed by atoms with Gasteiger partial charge in [0, 0.05) is 23.8 Å². The van der Waals surface area contributed by atoms with Crippen molar-refractivity contribution in [2.24, 2.45) is 0 Å². The lowest BCUT2D eigenvalue weighted by Crippen LogP contribution is -2.50. The fourth-order valence-corrected chi connectivity index (χ4v) is 3.25. The van der Waals surface area contributed by atoms with Gasteiger partial charge in [0.1, 0.15) is 0 Å². The number of hydrogen-bond acceptors (Lipinski definition) is 2. The molecule has 1 aliphatic rings. The maximum atomic E-state index is 6.05. The smallest absolute Gasteiger partial charge is 0.0952 e. The number of halogens is 2. The monoisotopic (exact) mass is 301 g/mol. The Morgan fingerprint density at radius 2 is 2.05 bits per heavy atom. The minimum absolute atomic E-state index is 0.0994. The van der Waals surface area contributed by atoms with Crippen molar-refractivity contribution in [3.05, 3.63) is 35.4 Å². The second-order valence-corrected chi connectivity index (χ2v) is 5.62. The van der Waals surface area contributed by atoms with Gasteiger partial charge in [0.2, 0.25) is 0 Å². The van der Waals surface area contributed by atoms with Gasteiger partial charge in [0.15, 0.2) is 0 Å². The first kappa shape index (κ1) is 15.1. The summed E-state index contributed by atoms with van der Waals surface area (Å²) in [7, 11) is 0. The highest BCUT2D eigenvalue weighted by molar-refractivity contribution is 6.22. The molecule has 0 bridgehead atoms. The van der Waals surface area contributed by atoms with Gasteiger partial charge in [-0.3, -0.25) is 0 Å². The lowest BCUT2D eigenvalue weighted by atomic mass is 9.96. The molecule has 1 atom stereocenters. The normalized spacial score (nSPS) is 19.2. The summed E-state index contributed by atoms with van der Waals surface area (Å²) in [4.78, 5) is 0. The maximum Gasteiger partial charge on any atom is 0.0952 e. The summed E-state index contributed by atoms with van der Waals surface area (Å²) in [6.07, 6.45) is 2.01. The van der Waals surface area contributed by atoms with Crippen LogP contribution in [0.4, 0.5) is 0 Å². The Hall–Kier alpha value is -0.280. The Labute approximate surface area is 125 Å². The second-order valence-electron chi connectivity index (χ2n) is 5.09. The van der Waals surface area contributed by atoms with Gasteiger partial charge in [0.05, 0.1) is 12.7 Å². The summed E-state index contributed by atoms with van der Waals surface area (Å²) >= 11 is 12.1. The molecular formula is C15H21Cl2NO. The molecule has 19 heavy (non-hydrogen) atoms. The van der Waals surface area contributed by atoms with Gasteiger partial charge in [-0.25, -0.2) is 0 Å². The molecule has 4 heteroatoms. The number of rotatable bonds is 6. The molecule has 2 nitrogen and oxygen atoms in total. The van der Waals surface area contributed by atoms with Crippen molar-refractivity contribution in [2.75, 3.05) is 24.9 Å². The van der Waals surface area contributed by atoms with E-state index in [1.807, 2.05) is 0 Å². The molecule has 1 N–H and O–H groups in total. The Bertz CT molecular complexity index is 399. The van der Waals surface area contributed by atoms with Gasteiger partial charge in [-0.2, -0.15) is 0 Å². The summed E-state index contributed by atoms with van der Waals surface area (Å²) < 4.78 is 5.88. The number of hydrogen-bond donors (Lipinski definition) is 1. The Balaban J connectivity index is 2.05. The van der Waals surface area contributed by atoms with Crippen LogP contribution in [0.5, 0.6) is 0 Å². The molecule has 0 saturated carbocycles. The third kappa shape index (κ3) is 3.43. The van der Waals surface area contributed by atoms with Crippen LogP contribution in [0.25, 0.3) is 0 Å². The van der Waals surface area contributed by atoms with Crippen LogP contribution < -0.4 is 5.32 Å². The SMILES string of the molecule is CCC(CCl)(CCl)NCC1OCCc2ccccc21. The van der Waals surface area contributed by atoms with E-state index < -0.39 is 0 Å². The molecule has 1 heterocycles. The fraction of sp³-hybridized carbons (Fsp3) is 0.600. The third-order valence-electron chi connectivity index (χ3n) is 3.94. The third-order valence-corrected chi connectivity index (χ3v) is 4.97. The molecule has 1 unspecified atom stereocenters. The zero-order valence-electron chi connectivity index (χ0n) is 11.3. The van der Waals surface area contributed by atoms with Gasteiger partial charge in [-0.05, 0) is 24.0 Å². The zero-order chi connectivity index (χ0) is 13.7. The van der Waals surface area contributed by atoms with E-state index in [1.165, 1.54) is 11.1 Å². The van der Waals surface area contributed by atoms with Crippen LogP contribution in [0.15, 0.2) is 24.3 Å². The van der Waals surface area contributed by atoms with Crippen LogP contribution in [-0.2, 0) is 11.2 Å². The summed E-state index contributed by atoms with van der Waals surface area (Å²) in [6, 6.07) is 8.48. The average molecular weight is 302 g/mol. The topological polar surface area (TPSA) is 21.3 Å². The Kier molecular flexibility index (Phi) is 5.52. The van der Waals surface area contributed by atoms with Crippen molar-refractivity contribution < 1.29 is 4.74 Å². The largest absolute Gasteiger partial charge is 0.372 e. The Morgan fingerprint density at radius 1 is 1.32 bits per heavy atom. The lowest BCUT2D eigenvalue weighted by molar-refractivity contribution is 0.0379. The first-order valence-corrected chi connectivity index (χ1v) is 7.88. The number of nitrogens with one attached hydrogen (secondary N) is 1. The highest BCUT2D eigenvalue weighted by atomic mass is 35.5. The quantitative estimate of drug-likeness (QED) is 0.812. The van der Waals surface area contributed by atoms with Crippen molar-refractivity contribution in [3.63, 3.8) is 0 Å². The van der Waals surface area contributed by atoms with Crippen molar-refractivity contribution in [3.8, 4) is 0 Å². The molecule has 1 aliphatic heterocycles. The predicted molar refractivity (Wildman–Crippen MR) is 81.3 cm³/mol. The number of fused-ring (bicyclic) bond motifs is 1. The standard InChI is InChI=1S/C15H21Cl2NO/c1-2-15(10-16,11-17)18-9-14-13-6-4-3-5-12(13)7-8-19-14/h3-6,14,18H,2,7-11H2,1H3. The van der Waals surface area contributed by atoms with Crippen LogP contribution in [0.1, 0.15) is 30.6 Å². The molecule has 106 valence electrons. The van der Waals surface area contributed by atoms with Crippen LogP contribution >= 0.6 is 23.2 Å². The summed E-state index contributed by atoms with van der Waals surface area (Å²) in [5, 5.41) is 3.50. The fourth-order valence-electron chi connectivity index (χ4n) is 2.40. The highest BCUT2D eigenvalue weighted by Crippen LogP contribution is 2.27. The first-order chi connectivity index (χ1) is 9.24. The molecule has 0 aliphatic carbocycles. The molecule has 0 fully saturated rings. The van der Waals surface area contributed by atoms with E-state index >= 15 is 0 Å².